The minimum atomic E-state index is -0.419. The van der Waals surface area contributed by atoms with Gasteiger partial charge in [-0.3, -0.25) is 4.79 Å². The second-order valence-electron chi connectivity index (χ2n) is 5.70. The zero-order valence-electron chi connectivity index (χ0n) is 14.8. The molecule has 0 saturated carbocycles. The number of nitriles is 1. The molecule has 0 aliphatic carbocycles. The number of hydrogen-bond donors (Lipinski definition) is 1. The number of ketones is 1. The Kier molecular flexibility index (Phi) is 5.56. The van der Waals surface area contributed by atoms with Gasteiger partial charge in [0, 0.05) is 17.0 Å². The molecular weight excluding hydrogens is 316 g/mol. The molecule has 0 spiro atoms. The molecule has 0 bridgehead atoms. The number of benzene rings is 1. The lowest BCUT2D eigenvalue weighted by atomic mass is 9.98. The Balaban J connectivity index is 2.46. The van der Waals surface area contributed by atoms with Crippen molar-refractivity contribution in [2.75, 3.05) is 6.61 Å². The molecule has 0 aliphatic heterocycles. The van der Waals surface area contributed by atoms with Crippen LogP contribution in [-0.2, 0) is 4.74 Å². The van der Waals surface area contributed by atoms with Gasteiger partial charge in [0.2, 0.25) is 5.78 Å². The van der Waals surface area contributed by atoms with Crippen LogP contribution >= 0.6 is 0 Å². The van der Waals surface area contributed by atoms with Crippen LogP contribution in [0, 0.1) is 32.1 Å². The highest BCUT2D eigenvalue weighted by Gasteiger charge is 2.20. The Hall–Kier alpha value is -3.13. The molecule has 25 heavy (non-hydrogen) atoms. The summed E-state index contributed by atoms with van der Waals surface area (Å²) in [6.07, 6.45) is 1.49. The third-order valence-electron chi connectivity index (χ3n) is 4.00. The van der Waals surface area contributed by atoms with Crippen molar-refractivity contribution in [1.29, 1.82) is 5.26 Å². The van der Waals surface area contributed by atoms with Crippen LogP contribution in [-0.4, -0.2) is 23.3 Å². The molecule has 0 fully saturated rings. The van der Waals surface area contributed by atoms with Crippen LogP contribution in [0.25, 0.3) is 6.08 Å². The third-order valence-corrected chi connectivity index (χ3v) is 4.00. The lowest BCUT2D eigenvalue weighted by Crippen LogP contribution is -2.06. The first kappa shape index (κ1) is 18.2. The number of esters is 1. The number of hydrogen-bond acceptors (Lipinski definition) is 4. The number of aromatic nitrogens is 1. The first-order valence-corrected chi connectivity index (χ1v) is 7.99. The Morgan fingerprint density at radius 1 is 1.24 bits per heavy atom. The molecule has 0 unspecified atom stereocenters. The molecule has 1 aromatic heterocycles. The molecule has 128 valence electrons. The van der Waals surface area contributed by atoms with E-state index in [1.807, 2.05) is 25.1 Å². The van der Waals surface area contributed by atoms with Gasteiger partial charge >= 0.3 is 5.97 Å². The van der Waals surface area contributed by atoms with Crippen LogP contribution in [0.4, 0.5) is 0 Å². The number of carbonyl (C=O) groups is 2. The number of aromatic amines is 1. The lowest BCUT2D eigenvalue weighted by molar-refractivity contribution is 0.0525. The van der Waals surface area contributed by atoms with E-state index in [9.17, 15) is 14.9 Å². The molecule has 1 aromatic carbocycles. The van der Waals surface area contributed by atoms with Crippen LogP contribution in [0.2, 0.25) is 0 Å². The van der Waals surface area contributed by atoms with Crippen LogP contribution in [0.5, 0.6) is 0 Å². The number of ether oxygens (including phenoxy) is 1. The van der Waals surface area contributed by atoms with Gasteiger partial charge in [-0.25, -0.2) is 4.79 Å². The van der Waals surface area contributed by atoms with Gasteiger partial charge in [-0.05, 0) is 44.9 Å². The maximum absolute atomic E-state index is 12.6. The number of H-pyrrole nitrogens is 1. The van der Waals surface area contributed by atoms with Gasteiger partial charge in [0.25, 0.3) is 0 Å². The third kappa shape index (κ3) is 3.69. The number of nitrogens with zero attached hydrogens (tertiary/aromatic N) is 1. The molecule has 0 saturated heterocycles. The number of aryl methyl sites for hydroxylation is 2. The van der Waals surface area contributed by atoms with Crippen LogP contribution < -0.4 is 0 Å². The topological polar surface area (TPSA) is 82.9 Å². The van der Waals surface area contributed by atoms with E-state index in [1.165, 1.54) is 6.08 Å². The molecule has 0 aliphatic rings. The van der Waals surface area contributed by atoms with Crippen molar-refractivity contribution in [2.45, 2.75) is 27.7 Å². The normalized spacial score (nSPS) is 11.1. The van der Waals surface area contributed by atoms with E-state index in [4.69, 9.17) is 4.74 Å². The summed E-state index contributed by atoms with van der Waals surface area (Å²) >= 11 is 0. The zero-order valence-corrected chi connectivity index (χ0v) is 14.8. The van der Waals surface area contributed by atoms with E-state index in [1.54, 1.807) is 32.9 Å². The minimum Gasteiger partial charge on any atom is -0.462 e. The van der Waals surface area contributed by atoms with Crippen LogP contribution in [0.15, 0.2) is 29.8 Å². The van der Waals surface area contributed by atoms with Gasteiger partial charge in [0.05, 0.1) is 12.2 Å². The van der Waals surface area contributed by atoms with Crippen molar-refractivity contribution in [2.24, 2.45) is 0 Å². The van der Waals surface area contributed by atoms with Crippen LogP contribution in [0.3, 0.4) is 0 Å². The maximum atomic E-state index is 12.6. The van der Waals surface area contributed by atoms with Gasteiger partial charge in [-0.2, -0.15) is 5.26 Å². The fraction of sp³-hybridized carbons (Fsp3) is 0.250. The first-order chi connectivity index (χ1) is 11.9. The van der Waals surface area contributed by atoms with Crippen LogP contribution in [0.1, 0.15) is 50.2 Å². The van der Waals surface area contributed by atoms with Crippen molar-refractivity contribution in [3.8, 4) is 6.07 Å². The highest BCUT2D eigenvalue weighted by molar-refractivity contribution is 6.14. The number of allylic oxidation sites excluding steroid dienone is 1. The van der Waals surface area contributed by atoms with Crippen molar-refractivity contribution in [1.82, 2.24) is 4.98 Å². The molecule has 5 heteroatoms. The summed E-state index contributed by atoms with van der Waals surface area (Å²) in [6, 6.07) is 9.08. The van der Waals surface area contributed by atoms with E-state index in [0.717, 1.165) is 5.56 Å². The average Bonchev–Trinajstić information content (AvgIpc) is 2.86. The molecule has 1 heterocycles. The molecule has 5 nitrogen and oxygen atoms in total. The Labute approximate surface area is 146 Å². The maximum Gasteiger partial charge on any atom is 0.340 e. The van der Waals surface area contributed by atoms with E-state index in [2.05, 4.69) is 4.98 Å². The molecular formula is C20H20N2O3. The number of rotatable bonds is 5. The smallest absolute Gasteiger partial charge is 0.340 e. The number of carbonyl (C=O) groups excluding carboxylic acids is 2. The fourth-order valence-corrected chi connectivity index (χ4v) is 2.69. The van der Waals surface area contributed by atoms with E-state index in [-0.39, 0.29) is 18.0 Å². The Morgan fingerprint density at radius 3 is 2.52 bits per heavy atom. The summed E-state index contributed by atoms with van der Waals surface area (Å²) in [5.74, 6) is -0.762. The van der Waals surface area contributed by atoms with Gasteiger partial charge in [0.1, 0.15) is 11.6 Å². The van der Waals surface area contributed by atoms with Crippen molar-refractivity contribution < 1.29 is 14.3 Å². The first-order valence-electron chi connectivity index (χ1n) is 7.99. The molecule has 1 N–H and O–H groups in total. The number of nitrogens with one attached hydrogen (secondary N) is 1. The van der Waals surface area contributed by atoms with Gasteiger partial charge < -0.3 is 9.72 Å². The summed E-state index contributed by atoms with van der Waals surface area (Å²) in [7, 11) is 0. The minimum absolute atomic E-state index is 0.00839. The lowest BCUT2D eigenvalue weighted by Gasteiger charge is -2.04. The van der Waals surface area contributed by atoms with Crippen molar-refractivity contribution in [3.63, 3.8) is 0 Å². The quantitative estimate of drug-likeness (QED) is 0.388. The van der Waals surface area contributed by atoms with E-state index < -0.39 is 5.97 Å². The van der Waals surface area contributed by atoms with Crippen molar-refractivity contribution in [3.05, 3.63) is 63.5 Å². The largest absolute Gasteiger partial charge is 0.462 e. The van der Waals surface area contributed by atoms with Crippen molar-refractivity contribution >= 4 is 17.8 Å². The van der Waals surface area contributed by atoms with E-state index >= 15 is 0 Å². The standard InChI is InChI=1S/C20H20N2O3/c1-5-25-20(24)18-13(3)17(22-14(18)4)10-15(11-21)19(23)16-9-7-6-8-12(16)2/h6-10,22H,5H2,1-4H3/b15-10+. The highest BCUT2D eigenvalue weighted by Crippen LogP contribution is 2.22. The molecule has 0 amide bonds. The SMILES string of the molecule is CCOC(=O)c1c(C)[nH]c(/C=C(\C#N)C(=O)c2ccccc2C)c1C. The predicted octanol–water partition coefficient (Wildman–Crippen LogP) is 3.91. The summed E-state index contributed by atoms with van der Waals surface area (Å²) in [6.45, 7) is 7.36. The second kappa shape index (κ2) is 7.63. The average molecular weight is 336 g/mol. The predicted molar refractivity (Wildman–Crippen MR) is 95.3 cm³/mol. The Bertz CT molecular complexity index is 898. The molecule has 0 atom stereocenters. The summed E-state index contributed by atoms with van der Waals surface area (Å²) in [5.41, 5.74) is 3.59. The summed E-state index contributed by atoms with van der Waals surface area (Å²) in [4.78, 5) is 27.8. The molecule has 2 rings (SSSR count). The molecule has 0 radical (unpaired) electrons. The van der Waals surface area contributed by atoms with E-state index in [0.29, 0.717) is 28.1 Å². The monoisotopic (exact) mass is 336 g/mol. The summed E-state index contributed by atoms with van der Waals surface area (Å²) < 4.78 is 5.06. The Morgan fingerprint density at radius 2 is 1.92 bits per heavy atom. The number of Topliss-reactive ketones (excluding diaryl/α,β-unsaturated/α-hetero) is 1. The summed E-state index contributed by atoms with van der Waals surface area (Å²) in [5, 5.41) is 9.43. The molecule has 2 aromatic rings. The van der Waals surface area contributed by atoms with Gasteiger partial charge in [0.15, 0.2) is 0 Å². The van der Waals surface area contributed by atoms with Gasteiger partial charge in [-0.1, -0.05) is 24.3 Å². The second-order valence-corrected chi connectivity index (χ2v) is 5.70. The highest BCUT2D eigenvalue weighted by atomic mass is 16.5. The van der Waals surface area contributed by atoms with Gasteiger partial charge in [-0.15, -0.1) is 0 Å². The zero-order chi connectivity index (χ0) is 18.6. The fourth-order valence-electron chi connectivity index (χ4n) is 2.69.